The smallest absolute Gasteiger partial charge is 0.296 e. The van der Waals surface area contributed by atoms with Gasteiger partial charge < -0.3 is 8.94 Å². The van der Waals surface area contributed by atoms with Gasteiger partial charge in [0.15, 0.2) is 11.2 Å². The summed E-state index contributed by atoms with van der Waals surface area (Å²) in [5.41, 5.74) is 3.49. The summed E-state index contributed by atoms with van der Waals surface area (Å²) >= 11 is 0. The van der Waals surface area contributed by atoms with Gasteiger partial charge in [0.2, 0.25) is 5.76 Å². The van der Waals surface area contributed by atoms with Crippen LogP contribution in [0.25, 0.3) is 11.0 Å². The largest absolute Gasteiger partial charge is 0.450 e. The van der Waals surface area contributed by atoms with Gasteiger partial charge in [-0.15, -0.1) is 0 Å². The Morgan fingerprint density at radius 2 is 1.80 bits per heavy atom. The van der Waals surface area contributed by atoms with E-state index in [4.69, 9.17) is 8.94 Å². The normalized spacial score (nSPS) is 15.8. The Hall–Kier alpha value is -3.67. The van der Waals surface area contributed by atoms with E-state index in [1.165, 1.54) is 4.90 Å². The summed E-state index contributed by atoms with van der Waals surface area (Å²) in [7, 11) is 0. The number of hydrogen-bond donors (Lipinski definition) is 0. The Morgan fingerprint density at radius 3 is 2.47 bits per heavy atom. The van der Waals surface area contributed by atoms with Crippen LogP contribution in [0.15, 0.2) is 62.3 Å². The summed E-state index contributed by atoms with van der Waals surface area (Å²) in [4.78, 5) is 28.5. The SMILES string of the molecule is CCc1ccc2oc3c(c(=O)c2c1)[C@H](c1ccc(C)cc1)N(c1cc(C)on1)C3=O. The van der Waals surface area contributed by atoms with Crippen molar-refractivity contribution in [3.05, 3.63) is 92.5 Å². The number of benzene rings is 2. The van der Waals surface area contributed by atoms with Crippen LogP contribution in [0.4, 0.5) is 5.82 Å². The lowest BCUT2D eigenvalue weighted by molar-refractivity contribution is 0.0969. The number of aryl methyl sites for hydroxylation is 3. The molecule has 0 spiro atoms. The van der Waals surface area contributed by atoms with E-state index in [1.54, 1.807) is 19.1 Å². The van der Waals surface area contributed by atoms with Crippen molar-refractivity contribution in [1.82, 2.24) is 5.16 Å². The van der Waals surface area contributed by atoms with Crippen molar-refractivity contribution in [2.24, 2.45) is 0 Å². The van der Waals surface area contributed by atoms with Gasteiger partial charge in [-0.05, 0) is 43.5 Å². The fraction of sp³-hybridized carbons (Fsp3) is 0.208. The van der Waals surface area contributed by atoms with Crippen molar-refractivity contribution in [2.75, 3.05) is 4.90 Å². The van der Waals surface area contributed by atoms with Gasteiger partial charge in [0, 0.05) is 6.07 Å². The van der Waals surface area contributed by atoms with E-state index in [-0.39, 0.29) is 11.2 Å². The summed E-state index contributed by atoms with van der Waals surface area (Å²) < 4.78 is 11.2. The highest BCUT2D eigenvalue weighted by Gasteiger charge is 2.44. The number of hydrogen-bond acceptors (Lipinski definition) is 5. The molecule has 6 heteroatoms. The van der Waals surface area contributed by atoms with Gasteiger partial charge in [0.05, 0.1) is 17.0 Å². The number of carbonyl (C=O) groups excluding carboxylic acids is 1. The second-order valence-electron chi connectivity index (χ2n) is 7.64. The lowest BCUT2D eigenvalue weighted by Gasteiger charge is -2.22. The van der Waals surface area contributed by atoms with Crippen LogP contribution >= 0.6 is 0 Å². The van der Waals surface area contributed by atoms with Crippen molar-refractivity contribution in [2.45, 2.75) is 33.2 Å². The highest BCUT2D eigenvalue weighted by atomic mass is 16.5. The molecule has 30 heavy (non-hydrogen) atoms. The second kappa shape index (κ2) is 6.69. The molecule has 2 aromatic carbocycles. The minimum absolute atomic E-state index is 0.0583. The molecule has 0 aliphatic carbocycles. The average molecular weight is 400 g/mol. The molecule has 150 valence electrons. The van der Waals surface area contributed by atoms with E-state index in [0.29, 0.717) is 28.1 Å². The highest BCUT2D eigenvalue weighted by Crippen LogP contribution is 2.41. The van der Waals surface area contributed by atoms with Crippen LogP contribution in [0.1, 0.15) is 51.5 Å². The van der Waals surface area contributed by atoms with E-state index < -0.39 is 11.9 Å². The maximum absolute atomic E-state index is 13.6. The number of carbonyl (C=O) groups is 1. The standard InChI is InChI=1S/C24H20N2O4/c1-4-15-7-10-18-17(12-15)22(27)20-21(16-8-5-13(2)6-9-16)26(24(28)23(20)29-18)19-11-14(3)30-25-19/h5-12,21H,4H2,1-3H3/t21-/m0/s1. The molecule has 0 N–H and O–H groups in total. The molecule has 0 saturated carbocycles. The molecule has 0 bridgehead atoms. The van der Waals surface area contributed by atoms with Gasteiger partial charge in [-0.25, -0.2) is 0 Å². The fourth-order valence-electron chi connectivity index (χ4n) is 4.01. The summed E-state index contributed by atoms with van der Waals surface area (Å²) in [6.45, 7) is 5.78. The van der Waals surface area contributed by atoms with Crippen molar-refractivity contribution in [1.29, 1.82) is 0 Å². The minimum atomic E-state index is -0.636. The van der Waals surface area contributed by atoms with Gasteiger partial charge in [-0.2, -0.15) is 0 Å². The van der Waals surface area contributed by atoms with Gasteiger partial charge in [0.1, 0.15) is 11.3 Å². The van der Waals surface area contributed by atoms with Crippen molar-refractivity contribution >= 4 is 22.7 Å². The van der Waals surface area contributed by atoms with E-state index in [0.717, 1.165) is 23.1 Å². The Labute approximate surface area is 172 Å². The number of rotatable bonds is 3. The predicted octanol–water partition coefficient (Wildman–Crippen LogP) is 4.71. The molecule has 1 amide bonds. The lowest BCUT2D eigenvalue weighted by Crippen LogP contribution is -2.29. The van der Waals surface area contributed by atoms with Crippen LogP contribution in [0.3, 0.4) is 0 Å². The minimum Gasteiger partial charge on any atom is -0.450 e. The molecule has 3 heterocycles. The third-order valence-corrected chi connectivity index (χ3v) is 5.60. The summed E-state index contributed by atoms with van der Waals surface area (Å²) in [5, 5.41) is 4.52. The zero-order valence-electron chi connectivity index (χ0n) is 16.9. The number of amides is 1. The molecule has 0 fully saturated rings. The molecule has 1 atom stereocenters. The number of anilines is 1. The zero-order valence-corrected chi connectivity index (χ0v) is 16.9. The quantitative estimate of drug-likeness (QED) is 0.498. The number of aromatic nitrogens is 1. The summed E-state index contributed by atoms with van der Waals surface area (Å²) in [6, 6.07) is 14.3. The first-order valence-electron chi connectivity index (χ1n) is 9.91. The van der Waals surface area contributed by atoms with Crippen molar-refractivity contribution < 1.29 is 13.7 Å². The van der Waals surface area contributed by atoms with Crippen molar-refractivity contribution in [3.8, 4) is 0 Å². The first-order chi connectivity index (χ1) is 14.5. The maximum Gasteiger partial charge on any atom is 0.296 e. The molecule has 0 radical (unpaired) electrons. The molecule has 1 aliphatic heterocycles. The van der Waals surface area contributed by atoms with Crippen LogP contribution in [0.5, 0.6) is 0 Å². The summed E-state index contributed by atoms with van der Waals surface area (Å²) in [6.07, 6.45) is 0.803. The number of fused-ring (bicyclic) bond motifs is 2. The Morgan fingerprint density at radius 1 is 1.03 bits per heavy atom. The zero-order chi connectivity index (χ0) is 21.0. The fourth-order valence-corrected chi connectivity index (χ4v) is 4.01. The number of nitrogens with zero attached hydrogens (tertiary/aromatic N) is 2. The molecule has 1 aliphatic rings. The van der Waals surface area contributed by atoms with E-state index >= 15 is 0 Å². The van der Waals surface area contributed by atoms with Crippen LogP contribution in [-0.2, 0) is 6.42 Å². The molecule has 4 aromatic rings. The molecule has 5 rings (SSSR count). The van der Waals surface area contributed by atoms with Crippen molar-refractivity contribution in [3.63, 3.8) is 0 Å². The van der Waals surface area contributed by atoms with Crippen LogP contribution in [0, 0.1) is 13.8 Å². The molecular weight excluding hydrogens is 380 g/mol. The topological polar surface area (TPSA) is 76.6 Å². The van der Waals surface area contributed by atoms with Crippen LogP contribution < -0.4 is 10.3 Å². The Balaban J connectivity index is 1.81. The summed E-state index contributed by atoms with van der Waals surface area (Å²) in [5.74, 6) is 0.589. The predicted molar refractivity (Wildman–Crippen MR) is 113 cm³/mol. The lowest BCUT2D eigenvalue weighted by atomic mass is 9.97. The first-order valence-corrected chi connectivity index (χ1v) is 9.91. The monoisotopic (exact) mass is 400 g/mol. The van der Waals surface area contributed by atoms with E-state index in [9.17, 15) is 9.59 Å². The van der Waals surface area contributed by atoms with Gasteiger partial charge in [-0.3, -0.25) is 14.5 Å². The Kier molecular flexibility index (Phi) is 4.10. The average Bonchev–Trinajstić information content (AvgIpc) is 3.30. The Bertz CT molecular complexity index is 1350. The van der Waals surface area contributed by atoms with Crippen LogP contribution in [0.2, 0.25) is 0 Å². The third-order valence-electron chi connectivity index (χ3n) is 5.60. The van der Waals surface area contributed by atoms with Gasteiger partial charge in [-0.1, -0.05) is 48.0 Å². The van der Waals surface area contributed by atoms with E-state index in [1.807, 2.05) is 50.2 Å². The molecule has 2 aromatic heterocycles. The second-order valence-corrected chi connectivity index (χ2v) is 7.64. The molecule has 6 nitrogen and oxygen atoms in total. The highest BCUT2D eigenvalue weighted by molar-refractivity contribution is 6.10. The maximum atomic E-state index is 13.6. The molecular formula is C24H20N2O4. The third kappa shape index (κ3) is 2.68. The van der Waals surface area contributed by atoms with Crippen LogP contribution in [-0.4, -0.2) is 11.1 Å². The van der Waals surface area contributed by atoms with Gasteiger partial charge >= 0.3 is 0 Å². The van der Waals surface area contributed by atoms with E-state index in [2.05, 4.69) is 5.16 Å². The molecule has 0 unspecified atom stereocenters. The van der Waals surface area contributed by atoms with Gasteiger partial charge in [0.25, 0.3) is 5.91 Å². The molecule has 0 saturated heterocycles. The first kappa shape index (κ1) is 18.4.